The Kier molecular flexibility index (Phi) is 4.63. The first kappa shape index (κ1) is 12.1. The predicted octanol–water partition coefficient (Wildman–Crippen LogP) is 2.96. The average Bonchev–Trinajstić information content (AvgIpc) is 2.17. The summed E-state index contributed by atoms with van der Waals surface area (Å²) in [7, 11) is 0. The smallest absolute Gasteiger partial charge is 0.119 e. The fourth-order valence-electron chi connectivity index (χ4n) is 1.31. The summed E-state index contributed by atoms with van der Waals surface area (Å²) in [4.78, 5) is 0. The minimum atomic E-state index is -0.293. The van der Waals surface area contributed by atoms with Crippen LogP contribution in [0.1, 0.15) is 38.7 Å². The minimum absolute atomic E-state index is 0.293. The summed E-state index contributed by atoms with van der Waals surface area (Å²) >= 11 is 0. The van der Waals surface area contributed by atoms with Crippen molar-refractivity contribution < 1.29 is 9.84 Å². The van der Waals surface area contributed by atoms with Crippen LogP contribution in [0.25, 0.3) is 0 Å². The van der Waals surface area contributed by atoms with Crippen LogP contribution in [0.4, 0.5) is 0 Å². The van der Waals surface area contributed by atoms with Gasteiger partial charge in [-0.25, -0.2) is 0 Å². The number of hydrogen-bond donors (Lipinski definition) is 1. The van der Waals surface area contributed by atoms with Gasteiger partial charge in [-0.3, -0.25) is 0 Å². The lowest BCUT2D eigenvalue weighted by Crippen LogP contribution is -2.07. The van der Waals surface area contributed by atoms with E-state index in [0.717, 1.165) is 5.75 Å². The fraction of sp³-hybridized carbons (Fsp3) is 0.538. The quantitative estimate of drug-likeness (QED) is 0.806. The monoisotopic (exact) mass is 208 g/mol. The van der Waals surface area contributed by atoms with E-state index in [9.17, 15) is 0 Å². The van der Waals surface area contributed by atoms with Crippen LogP contribution in [0.2, 0.25) is 0 Å². The minimum Gasteiger partial charge on any atom is -0.493 e. The number of hydrogen-bond acceptors (Lipinski definition) is 2. The molecule has 0 radical (unpaired) electrons. The van der Waals surface area contributed by atoms with Gasteiger partial charge in [-0.1, -0.05) is 26.0 Å². The molecule has 1 atom stereocenters. The van der Waals surface area contributed by atoms with Crippen molar-refractivity contribution in [3.63, 3.8) is 0 Å². The van der Waals surface area contributed by atoms with Crippen LogP contribution >= 0.6 is 0 Å². The van der Waals surface area contributed by atoms with Gasteiger partial charge in [0, 0.05) is 6.42 Å². The molecule has 15 heavy (non-hydrogen) atoms. The molecule has 0 aromatic heterocycles. The van der Waals surface area contributed by atoms with Crippen LogP contribution < -0.4 is 4.74 Å². The number of aliphatic hydroxyl groups is 1. The normalized spacial score (nSPS) is 12.9. The Morgan fingerprint density at radius 3 is 2.60 bits per heavy atom. The highest BCUT2D eigenvalue weighted by atomic mass is 16.5. The molecule has 0 saturated carbocycles. The first-order valence-electron chi connectivity index (χ1n) is 5.50. The summed E-state index contributed by atoms with van der Waals surface area (Å²) in [6.07, 6.45) is 0.379. The Bertz CT molecular complexity index is 292. The molecule has 0 fully saturated rings. The first-order valence-corrected chi connectivity index (χ1v) is 5.50. The van der Waals surface area contributed by atoms with E-state index in [1.54, 1.807) is 6.92 Å². The maximum atomic E-state index is 9.09. The van der Waals surface area contributed by atoms with Crippen molar-refractivity contribution >= 4 is 0 Å². The van der Waals surface area contributed by atoms with E-state index in [2.05, 4.69) is 26.0 Å². The lowest BCUT2D eigenvalue weighted by Gasteiger charge is -2.10. The van der Waals surface area contributed by atoms with E-state index >= 15 is 0 Å². The van der Waals surface area contributed by atoms with Crippen molar-refractivity contribution in [1.29, 1.82) is 0 Å². The Labute approximate surface area is 91.9 Å². The molecule has 0 saturated heterocycles. The van der Waals surface area contributed by atoms with Gasteiger partial charge in [-0.15, -0.1) is 0 Å². The second-order valence-corrected chi connectivity index (χ2v) is 4.21. The van der Waals surface area contributed by atoms with Crippen molar-refractivity contribution in [1.82, 2.24) is 0 Å². The zero-order valence-corrected chi connectivity index (χ0v) is 9.73. The molecule has 1 N–H and O–H groups in total. The summed E-state index contributed by atoms with van der Waals surface area (Å²) in [5.74, 6) is 1.41. The van der Waals surface area contributed by atoms with Gasteiger partial charge in [0.05, 0.1) is 12.7 Å². The third kappa shape index (κ3) is 4.34. The van der Waals surface area contributed by atoms with Crippen molar-refractivity contribution in [2.24, 2.45) is 0 Å². The summed E-state index contributed by atoms with van der Waals surface area (Å²) in [6.45, 7) is 6.66. The van der Waals surface area contributed by atoms with Crippen molar-refractivity contribution in [2.75, 3.05) is 6.61 Å². The molecule has 0 spiro atoms. The molecule has 1 aromatic carbocycles. The lowest BCUT2D eigenvalue weighted by molar-refractivity contribution is 0.155. The zero-order valence-electron chi connectivity index (χ0n) is 9.73. The van der Waals surface area contributed by atoms with Gasteiger partial charge in [0.1, 0.15) is 5.75 Å². The first-order chi connectivity index (χ1) is 7.09. The summed E-state index contributed by atoms with van der Waals surface area (Å²) in [5, 5.41) is 9.09. The van der Waals surface area contributed by atoms with Crippen LogP contribution in [-0.2, 0) is 0 Å². The molecule has 0 heterocycles. The van der Waals surface area contributed by atoms with E-state index in [0.29, 0.717) is 18.9 Å². The molecule has 0 aliphatic heterocycles. The number of rotatable bonds is 5. The molecule has 2 nitrogen and oxygen atoms in total. The van der Waals surface area contributed by atoms with E-state index in [1.807, 2.05) is 12.1 Å². The van der Waals surface area contributed by atoms with Gasteiger partial charge < -0.3 is 9.84 Å². The standard InChI is InChI=1S/C13H20O2/c1-10(2)12-5-4-6-13(9-12)15-8-7-11(3)14/h4-6,9-11,14H,7-8H2,1-3H3. The van der Waals surface area contributed by atoms with E-state index < -0.39 is 0 Å². The van der Waals surface area contributed by atoms with Crippen molar-refractivity contribution in [3.8, 4) is 5.75 Å². The summed E-state index contributed by atoms with van der Waals surface area (Å²) in [5.41, 5.74) is 1.28. The fourth-order valence-corrected chi connectivity index (χ4v) is 1.31. The number of aliphatic hydroxyl groups excluding tert-OH is 1. The predicted molar refractivity (Wildman–Crippen MR) is 62.3 cm³/mol. The van der Waals surface area contributed by atoms with Crippen LogP contribution in [0.15, 0.2) is 24.3 Å². The molecule has 0 aliphatic carbocycles. The molecule has 1 rings (SSSR count). The van der Waals surface area contributed by atoms with Crippen LogP contribution in [-0.4, -0.2) is 17.8 Å². The molecule has 0 aliphatic rings. The Hall–Kier alpha value is -1.02. The second-order valence-electron chi connectivity index (χ2n) is 4.21. The Balaban J connectivity index is 2.50. The number of benzene rings is 1. The molecular weight excluding hydrogens is 188 g/mol. The van der Waals surface area contributed by atoms with Crippen LogP contribution in [0, 0.1) is 0 Å². The van der Waals surface area contributed by atoms with Crippen molar-refractivity contribution in [2.45, 2.75) is 39.2 Å². The summed E-state index contributed by atoms with van der Waals surface area (Å²) in [6, 6.07) is 8.12. The molecule has 0 bridgehead atoms. The molecular formula is C13H20O2. The van der Waals surface area contributed by atoms with Crippen molar-refractivity contribution in [3.05, 3.63) is 29.8 Å². The average molecular weight is 208 g/mol. The number of ether oxygens (including phenoxy) is 1. The van der Waals surface area contributed by atoms with Gasteiger partial charge in [0.2, 0.25) is 0 Å². The molecule has 1 unspecified atom stereocenters. The topological polar surface area (TPSA) is 29.5 Å². The molecule has 84 valence electrons. The highest BCUT2D eigenvalue weighted by molar-refractivity contribution is 5.30. The third-order valence-electron chi connectivity index (χ3n) is 2.33. The molecule has 0 amide bonds. The molecule has 2 heteroatoms. The second kappa shape index (κ2) is 5.76. The Morgan fingerprint density at radius 2 is 2.00 bits per heavy atom. The van der Waals surface area contributed by atoms with Crippen LogP contribution in [0.5, 0.6) is 5.75 Å². The van der Waals surface area contributed by atoms with Gasteiger partial charge in [0.15, 0.2) is 0 Å². The highest BCUT2D eigenvalue weighted by Gasteiger charge is 2.01. The van der Waals surface area contributed by atoms with Gasteiger partial charge in [-0.05, 0) is 30.5 Å². The third-order valence-corrected chi connectivity index (χ3v) is 2.33. The SMILES string of the molecule is CC(O)CCOc1cccc(C(C)C)c1. The summed E-state index contributed by atoms with van der Waals surface area (Å²) < 4.78 is 5.55. The van der Waals surface area contributed by atoms with Crippen LogP contribution in [0.3, 0.4) is 0 Å². The van der Waals surface area contributed by atoms with E-state index in [-0.39, 0.29) is 6.10 Å². The van der Waals surface area contributed by atoms with Gasteiger partial charge in [0.25, 0.3) is 0 Å². The largest absolute Gasteiger partial charge is 0.493 e. The maximum absolute atomic E-state index is 9.09. The zero-order chi connectivity index (χ0) is 11.3. The maximum Gasteiger partial charge on any atom is 0.119 e. The van der Waals surface area contributed by atoms with E-state index in [4.69, 9.17) is 9.84 Å². The van der Waals surface area contributed by atoms with E-state index in [1.165, 1.54) is 5.56 Å². The molecule has 1 aromatic rings. The van der Waals surface area contributed by atoms with Gasteiger partial charge in [-0.2, -0.15) is 0 Å². The Morgan fingerprint density at radius 1 is 1.27 bits per heavy atom. The van der Waals surface area contributed by atoms with Gasteiger partial charge >= 0.3 is 0 Å². The lowest BCUT2D eigenvalue weighted by atomic mass is 10.0. The highest BCUT2D eigenvalue weighted by Crippen LogP contribution is 2.20.